The van der Waals surface area contributed by atoms with Gasteiger partial charge in [-0.25, -0.2) is 0 Å². The Bertz CT molecular complexity index is 746. The molecule has 4 rings (SSSR count). The van der Waals surface area contributed by atoms with Gasteiger partial charge in [-0.3, -0.25) is 14.9 Å². The highest BCUT2D eigenvalue weighted by Crippen LogP contribution is 2.58. The lowest BCUT2D eigenvalue weighted by Crippen LogP contribution is -2.44. The SMILES string of the molecule is COc1cc2c(cc1OC)C13CC(C)CC1CC(=O)N3CCC2.C[N+](=O)[O-]. The van der Waals surface area contributed by atoms with Crippen molar-refractivity contribution in [3.05, 3.63) is 33.4 Å². The van der Waals surface area contributed by atoms with Crippen LogP contribution in [0.5, 0.6) is 11.5 Å². The van der Waals surface area contributed by atoms with Crippen LogP contribution >= 0.6 is 0 Å². The predicted molar refractivity (Wildman–Crippen MR) is 101 cm³/mol. The van der Waals surface area contributed by atoms with Crippen LogP contribution in [0.25, 0.3) is 0 Å². The van der Waals surface area contributed by atoms with Crippen molar-refractivity contribution < 1.29 is 19.2 Å². The van der Waals surface area contributed by atoms with Crippen molar-refractivity contribution in [1.82, 2.24) is 4.90 Å². The van der Waals surface area contributed by atoms with Gasteiger partial charge in [-0.05, 0) is 60.8 Å². The van der Waals surface area contributed by atoms with Gasteiger partial charge in [0.15, 0.2) is 18.5 Å². The quantitative estimate of drug-likeness (QED) is 0.585. The maximum atomic E-state index is 12.6. The summed E-state index contributed by atoms with van der Waals surface area (Å²) in [7, 11) is 4.26. The Morgan fingerprint density at radius 2 is 1.89 bits per heavy atom. The van der Waals surface area contributed by atoms with Gasteiger partial charge in [0.25, 0.3) is 0 Å². The number of rotatable bonds is 2. The van der Waals surface area contributed by atoms with E-state index in [1.54, 1.807) is 14.2 Å². The Balaban J connectivity index is 0.000000481. The van der Waals surface area contributed by atoms with Crippen molar-refractivity contribution in [1.29, 1.82) is 0 Å². The molecule has 2 aliphatic heterocycles. The summed E-state index contributed by atoms with van der Waals surface area (Å²) in [6.45, 7) is 3.20. The fourth-order valence-electron chi connectivity index (χ4n) is 5.35. The molecule has 148 valence electrons. The van der Waals surface area contributed by atoms with Gasteiger partial charge in [-0.2, -0.15) is 0 Å². The second-order valence-corrected chi connectivity index (χ2v) is 7.82. The zero-order valence-corrected chi connectivity index (χ0v) is 16.5. The number of hydrogen-bond donors (Lipinski definition) is 0. The monoisotopic (exact) mass is 376 g/mol. The van der Waals surface area contributed by atoms with Gasteiger partial charge in [-0.15, -0.1) is 0 Å². The van der Waals surface area contributed by atoms with E-state index in [1.807, 2.05) is 0 Å². The number of nitro groups is 1. The van der Waals surface area contributed by atoms with E-state index >= 15 is 0 Å². The fourth-order valence-corrected chi connectivity index (χ4v) is 5.35. The van der Waals surface area contributed by atoms with Crippen LogP contribution in [0.1, 0.15) is 43.7 Å². The van der Waals surface area contributed by atoms with Gasteiger partial charge in [0, 0.05) is 17.9 Å². The number of carbonyl (C=O) groups excluding carboxylic acids is 1. The van der Waals surface area contributed by atoms with Crippen LogP contribution in [0.15, 0.2) is 12.1 Å². The summed E-state index contributed by atoms with van der Waals surface area (Å²) in [5.41, 5.74) is 2.54. The van der Waals surface area contributed by atoms with Crippen molar-refractivity contribution in [3.63, 3.8) is 0 Å². The summed E-state index contributed by atoms with van der Waals surface area (Å²) in [6.07, 6.45) is 4.96. The summed E-state index contributed by atoms with van der Waals surface area (Å²) >= 11 is 0. The average Bonchev–Trinajstić information content (AvgIpc) is 2.98. The first kappa shape index (κ1) is 19.5. The largest absolute Gasteiger partial charge is 0.493 e. The molecule has 3 aliphatic rings. The van der Waals surface area contributed by atoms with Crippen LogP contribution < -0.4 is 9.47 Å². The van der Waals surface area contributed by atoms with E-state index < -0.39 is 4.92 Å². The summed E-state index contributed by atoms with van der Waals surface area (Å²) < 4.78 is 11.1. The van der Waals surface area contributed by atoms with E-state index in [2.05, 4.69) is 24.0 Å². The summed E-state index contributed by atoms with van der Waals surface area (Å²) in [5, 5.41) is 8.81. The third-order valence-corrected chi connectivity index (χ3v) is 6.13. The van der Waals surface area contributed by atoms with Crippen LogP contribution in [0.3, 0.4) is 0 Å². The first-order valence-corrected chi connectivity index (χ1v) is 9.47. The van der Waals surface area contributed by atoms with Gasteiger partial charge in [0.1, 0.15) is 0 Å². The molecule has 1 amide bonds. The molecule has 1 saturated carbocycles. The number of benzene rings is 1. The predicted octanol–water partition coefficient (Wildman–Crippen LogP) is 3.02. The van der Waals surface area contributed by atoms with Gasteiger partial charge in [-0.1, -0.05) is 6.92 Å². The maximum Gasteiger partial charge on any atom is 0.223 e. The Morgan fingerprint density at radius 1 is 1.26 bits per heavy atom. The van der Waals surface area contributed by atoms with E-state index in [-0.39, 0.29) is 5.54 Å². The zero-order valence-electron chi connectivity index (χ0n) is 16.5. The van der Waals surface area contributed by atoms with Gasteiger partial charge >= 0.3 is 0 Å². The van der Waals surface area contributed by atoms with Crippen molar-refractivity contribution in [2.75, 3.05) is 27.8 Å². The Morgan fingerprint density at radius 3 is 2.52 bits per heavy atom. The van der Waals surface area contributed by atoms with Gasteiger partial charge in [0.05, 0.1) is 19.8 Å². The molecule has 1 saturated heterocycles. The van der Waals surface area contributed by atoms with E-state index in [4.69, 9.17) is 19.6 Å². The first-order chi connectivity index (χ1) is 12.8. The lowest BCUT2D eigenvalue weighted by atomic mass is 9.78. The molecular formula is C20H28N2O5. The Kier molecular flexibility index (Phi) is 5.31. The van der Waals surface area contributed by atoms with E-state index in [0.29, 0.717) is 24.2 Å². The Hall–Kier alpha value is -2.31. The molecular weight excluding hydrogens is 348 g/mol. The van der Waals surface area contributed by atoms with Crippen molar-refractivity contribution in [2.45, 2.75) is 44.6 Å². The number of ether oxygens (including phenoxy) is 2. The molecule has 7 nitrogen and oxygen atoms in total. The number of fused-ring (bicyclic) bond motifs is 1. The molecule has 3 atom stereocenters. The molecule has 1 aliphatic carbocycles. The molecule has 0 N–H and O–H groups in total. The second kappa shape index (κ2) is 7.37. The van der Waals surface area contributed by atoms with Gasteiger partial charge < -0.3 is 14.4 Å². The lowest BCUT2D eigenvalue weighted by molar-refractivity contribution is -0.445. The normalized spacial score (nSPS) is 28.3. The molecule has 0 aromatic heterocycles. The van der Waals surface area contributed by atoms with Gasteiger partial charge in [0.2, 0.25) is 5.91 Å². The van der Waals surface area contributed by atoms with E-state index in [9.17, 15) is 4.79 Å². The molecule has 0 bridgehead atoms. The highest BCUT2D eigenvalue weighted by Gasteiger charge is 2.59. The number of carbonyl (C=O) groups is 1. The molecule has 27 heavy (non-hydrogen) atoms. The number of nitrogens with zero attached hydrogens (tertiary/aromatic N) is 2. The van der Waals surface area contributed by atoms with Crippen LogP contribution in [0.4, 0.5) is 0 Å². The number of aryl methyl sites for hydroxylation is 1. The Labute approximate surface area is 159 Å². The minimum absolute atomic E-state index is 0.109. The third-order valence-electron chi connectivity index (χ3n) is 6.13. The van der Waals surface area contributed by atoms with Crippen LogP contribution in [-0.2, 0) is 16.8 Å². The summed E-state index contributed by atoms with van der Waals surface area (Å²) in [6, 6.07) is 4.28. The molecule has 3 unspecified atom stereocenters. The minimum Gasteiger partial charge on any atom is -0.493 e. The third kappa shape index (κ3) is 3.24. The summed E-state index contributed by atoms with van der Waals surface area (Å²) in [5.74, 6) is 3.02. The number of amides is 1. The van der Waals surface area contributed by atoms with Crippen LogP contribution in [0.2, 0.25) is 0 Å². The van der Waals surface area contributed by atoms with E-state index in [1.165, 1.54) is 11.1 Å². The molecule has 1 aromatic rings. The summed E-state index contributed by atoms with van der Waals surface area (Å²) in [4.78, 5) is 23.1. The minimum atomic E-state index is -0.500. The highest BCUT2D eigenvalue weighted by atomic mass is 16.6. The zero-order chi connectivity index (χ0) is 19.8. The fraction of sp³-hybridized carbons (Fsp3) is 0.650. The average molecular weight is 376 g/mol. The molecule has 1 spiro atoms. The number of methoxy groups -OCH3 is 2. The molecule has 2 heterocycles. The molecule has 2 fully saturated rings. The second-order valence-electron chi connectivity index (χ2n) is 7.82. The molecule has 7 heteroatoms. The first-order valence-electron chi connectivity index (χ1n) is 9.47. The van der Waals surface area contributed by atoms with Crippen LogP contribution in [0, 0.1) is 22.0 Å². The molecule has 0 radical (unpaired) electrons. The van der Waals surface area contributed by atoms with Crippen molar-refractivity contribution in [3.8, 4) is 11.5 Å². The highest BCUT2D eigenvalue weighted by molar-refractivity contribution is 5.81. The smallest absolute Gasteiger partial charge is 0.223 e. The topological polar surface area (TPSA) is 81.9 Å². The maximum absolute atomic E-state index is 12.6. The number of hydrogen-bond acceptors (Lipinski definition) is 5. The lowest BCUT2D eigenvalue weighted by Gasteiger charge is -2.39. The van der Waals surface area contributed by atoms with Crippen molar-refractivity contribution in [2.24, 2.45) is 11.8 Å². The molecule has 1 aromatic carbocycles. The standard InChI is InChI=1S/C19H25NO3.CH3NO2/c1-12-7-14-9-18(21)20-6-4-5-13-8-16(22-2)17(23-3)10-15(13)19(14,20)11-12;1-2(3)4/h8,10,12,14H,4-7,9,11H2,1-3H3;1H3. The van der Waals surface area contributed by atoms with Crippen molar-refractivity contribution >= 4 is 5.91 Å². The van der Waals surface area contributed by atoms with Crippen LogP contribution in [-0.4, -0.2) is 43.5 Å². The van der Waals surface area contributed by atoms with E-state index in [0.717, 1.165) is 50.8 Å².